The van der Waals surface area contributed by atoms with Gasteiger partial charge in [0.05, 0.1) is 13.1 Å². The Kier molecular flexibility index (Phi) is 6.73. The molecule has 202 valence electrons. The molecule has 3 aromatic rings. The van der Waals surface area contributed by atoms with E-state index in [1.165, 1.54) is 35.7 Å². The summed E-state index contributed by atoms with van der Waals surface area (Å²) in [6, 6.07) is 5.98. The van der Waals surface area contributed by atoms with Crippen LogP contribution in [-0.4, -0.2) is 69.5 Å². The zero-order chi connectivity index (χ0) is 27.8. The highest BCUT2D eigenvalue weighted by molar-refractivity contribution is 5.99. The molecule has 0 radical (unpaired) electrons. The Labute approximate surface area is 221 Å². The number of halogens is 1. The molecule has 0 spiro atoms. The Morgan fingerprint density at radius 3 is 2.67 bits per heavy atom. The lowest BCUT2D eigenvalue weighted by Crippen LogP contribution is -2.44. The minimum atomic E-state index is -0.761. The first-order chi connectivity index (χ1) is 18.7. The summed E-state index contributed by atoms with van der Waals surface area (Å²) >= 11 is 0. The lowest BCUT2D eigenvalue weighted by molar-refractivity contribution is 0.0572. The van der Waals surface area contributed by atoms with E-state index < -0.39 is 34.8 Å². The molecule has 2 aliphatic rings. The molecule has 1 atom stereocenters. The molecule has 5 rings (SSSR count). The molecule has 39 heavy (non-hydrogen) atoms. The first-order valence-corrected chi connectivity index (χ1v) is 12.1. The number of aliphatic imine (C=N–C) groups is 1. The van der Waals surface area contributed by atoms with Crippen LogP contribution in [0.25, 0.3) is 5.76 Å². The molecule has 13 heteroatoms. The number of aromatic nitrogens is 3. The summed E-state index contributed by atoms with van der Waals surface area (Å²) in [7, 11) is 2.88. The summed E-state index contributed by atoms with van der Waals surface area (Å²) in [6.07, 6.45) is 1.48. The predicted octanol–water partition coefficient (Wildman–Crippen LogP) is 1.97. The Hall–Kier alpha value is -4.81. The number of pyridine rings is 1. The second kappa shape index (κ2) is 10.2. The molecule has 0 fully saturated rings. The number of allylic oxidation sites excluding steroid dienone is 1. The number of ether oxygens (including phenoxy) is 1. The van der Waals surface area contributed by atoms with E-state index in [0.29, 0.717) is 18.6 Å². The van der Waals surface area contributed by atoms with E-state index in [2.05, 4.69) is 20.5 Å². The minimum absolute atomic E-state index is 0.0292. The number of carbonyl (C=O) groups excluding carboxylic acids is 2. The lowest BCUT2D eigenvalue weighted by atomic mass is 9.98. The van der Waals surface area contributed by atoms with Crippen molar-refractivity contribution in [1.82, 2.24) is 25.0 Å². The van der Waals surface area contributed by atoms with Gasteiger partial charge >= 0.3 is 11.8 Å². The number of amides is 2. The molecule has 0 aliphatic carbocycles. The van der Waals surface area contributed by atoms with E-state index in [1.807, 2.05) is 0 Å². The molecule has 0 bridgehead atoms. The second-order valence-electron chi connectivity index (χ2n) is 9.22. The van der Waals surface area contributed by atoms with Crippen molar-refractivity contribution in [3.63, 3.8) is 0 Å². The Balaban J connectivity index is 1.60. The van der Waals surface area contributed by atoms with Crippen molar-refractivity contribution in [3.05, 3.63) is 74.6 Å². The number of nitrogens with one attached hydrogen (secondary N) is 1. The van der Waals surface area contributed by atoms with Crippen molar-refractivity contribution < 1.29 is 28.2 Å². The van der Waals surface area contributed by atoms with Crippen molar-refractivity contribution in [2.75, 3.05) is 20.6 Å². The van der Waals surface area contributed by atoms with E-state index >= 15 is 0 Å². The smallest absolute Gasteiger partial charge is 0.311 e. The lowest BCUT2D eigenvalue weighted by Gasteiger charge is -2.33. The maximum atomic E-state index is 13.5. The summed E-state index contributed by atoms with van der Waals surface area (Å²) in [4.78, 5) is 44.6. The normalized spacial score (nSPS) is 15.8. The molecule has 1 unspecified atom stereocenters. The number of hydrogen-bond donors (Lipinski definition) is 2. The average molecular weight is 537 g/mol. The highest BCUT2D eigenvalue weighted by Gasteiger charge is 2.36. The van der Waals surface area contributed by atoms with E-state index in [4.69, 9.17) is 9.15 Å². The molecule has 2 aromatic heterocycles. The second-order valence-corrected chi connectivity index (χ2v) is 9.22. The molecular formula is C26H25FN6O6. The highest BCUT2D eigenvalue weighted by Crippen LogP contribution is 2.42. The van der Waals surface area contributed by atoms with Crippen LogP contribution in [0, 0.1) is 12.7 Å². The summed E-state index contributed by atoms with van der Waals surface area (Å²) < 4.78 is 26.5. The summed E-state index contributed by atoms with van der Waals surface area (Å²) in [6.45, 7) is 1.57. The Morgan fingerprint density at radius 2 is 2.00 bits per heavy atom. The molecule has 2 amide bonds. The highest BCUT2D eigenvalue weighted by atomic mass is 19.1. The molecule has 1 aromatic carbocycles. The number of rotatable bonds is 6. The van der Waals surface area contributed by atoms with Gasteiger partial charge in [0.15, 0.2) is 5.75 Å². The largest absolute Gasteiger partial charge is 0.505 e. The van der Waals surface area contributed by atoms with Crippen LogP contribution in [0.3, 0.4) is 0 Å². The van der Waals surface area contributed by atoms with Gasteiger partial charge in [0, 0.05) is 33.7 Å². The third-order valence-corrected chi connectivity index (χ3v) is 6.50. The molecule has 2 aliphatic heterocycles. The van der Waals surface area contributed by atoms with Gasteiger partial charge in [-0.05, 0) is 29.7 Å². The van der Waals surface area contributed by atoms with E-state index in [9.17, 15) is 23.9 Å². The van der Waals surface area contributed by atoms with Gasteiger partial charge in [0.2, 0.25) is 5.89 Å². The van der Waals surface area contributed by atoms with Gasteiger partial charge < -0.3 is 24.5 Å². The summed E-state index contributed by atoms with van der Waals surface area (Å²) in [5.74, 6) is -1.86. The van der Waals surface area contributed by atoms with Crippen molar-refractivity contribution >= 4 is 29.5 Å². The fourth-order valence-electron chi connectivity index (χ4n) is 4.64. The molecule has 12 nitrogen and oxygen atoms in total. The van der Waals surface area contributed by atoms with Crippen LogP contribution in [-0.2, 0) is 17.7 Å². The van der Waals surface area contributed by atoms with E-state index in [1.54, 1.807) is 25.3 Å². The first-order valence-electron chi connectivity index (χ1n) is 12.1. The maximum Gasteiger partial charge on any atom is 0.311 e. The number of carbonyl (C=O) groups is 2. The molecule has 0 saturated heterocycles. The zero-order valence-corrected chi connectivity index (χ0v) is 21.4. The monoisotopic (exact) mass is 536 g/mol. The topological polar surface area (TPSA) is 152 Å². The Morgan fingerprint density at radius 1 is 1.26 bits per heavy atom. The maximum absolute atomic E-state index is 13.5. The van der Waals surface area contributed by atoms with Crippen LogP contribution in [0.4, 0.5) is 10.1 Å². The molecule has 0 saturated carbocycles. The van der Waals surface area contributed by atoms with Gasteiger partial charge in [-0.3, -0.25) is 23.9 Å². The van der Waals surface area contributed by atoms with Gasteiger partial charge in [-0.25, -0.2) is 4.39 Å². The number of hydrogen-bond acceptors (Lipinski definition) is 9. The van der Waals surface area contributed by atoms with Crippen molar-refractivity contribution in [2.45, 2.75) is 32.4 Å². The van der Waals surface area contributed by atoms with Crippen LogP contribution >= 0.6 is 0 Å². The standard InChI is InChI=1S/C26H25FN6O6/c1-13-30-31-24(38-13)26(37)32(3)11-17-12-33-20-19(21(34)18(25(33)36)23(35)28-2)29-9-8-15(22(20)39-17)10-14-4-6-16(27)7-5-14/h4-7,9,17,34H,8,10-12H2,1-3H3,(H,28,35). The summed E-state index contributed by atoms with van der Waals surface area (Å²) in [5, 5.41) is 20.8. The van der Waals surface area contributed by atoms with Crippen LogP contribution in [0.1, 0.15) is 44.6 Å². The zero-order valence-electron chi connectivity index (χ0n) is 21.4. The predicted molar refractivity (Wildman–Crippen MR) is 136 cm³/mol. The first kappa shape index (κ1) is 25.8. The number of nitrogens with zero attached hydrogens (tertiary/aromatic N) is 5. The molecule has 4 heterocycles. The third-order valence-electron chi connectivity index (χ3n) is 6.50. The van der Waals surface area contributed by atoms with Crippen LogP contribution in [0.2, 0.25) is 0 Å². The molecule has 2 N–H and O–H groups in total. The SMILES string of the molecule is CNC(=O)c1c(O)c2c3n(c1=O)CC(CN(C)C(=O)c1nnc(C)o1)OC3=C(Cc1ccc(F)cc1)CC=N2. The summed E-state index contributed by atoms with van der Waals surface area (Å²) in [5.41, 5.74) is 0.601. The number of aromatic hydroxyl groups is 1. The quantitative estimate of drug-likeness (QED) is 0.485. The molecular weight excluding hydrogens is 511 g/mol. The third kappa shape index (κ3) is 4.78. The van der Waals surface area contributed by atoms with Crippen LogP contribution in [0.5, 0.6) is 5.75 Å². The van der Waals surface area contributed by atoms with Gasteiger partial charge in [0.1, 0.15) is 34.6 Å². The average Bonchev–Trinajstić information content (AvgIpc) is 3.27. The fraction of sp³-hybridized carbons (Fsp3) is 0.308. The van der Waals surface area contributed by atoms with Crippen molar-refractivity contribution in [3.8, 4) is 5.75 Å². The van der Waals surface area contributed by atoms with Crippen LogP contribution in [0.15, 0.2) is 44.0 Å². The van der Waals surface area contributed by atoms with E-state index in [-0.39, 0.29) is 42.1 Å². The minimum Gasteiger partial charge on any atom is -0.505 e. The van der Waals surface area contributed by atoms with Gasteiger partial charge in [-0.2, -0.15) is 0 Å². The van der Waals surface area contributed by atoms with Crippen molar-refractivity contribution in [1.29, 1.82) is 0 Å². The van der Waals surface area contributed by atoms with Gasteiger partial charge in [-0.1, -0.05) is 12.1 Å². The van der Waals surface area contributed by atoms with Crippen molar-refractivity contribution in [2.24, 2.45) is 4.99 Å². The van der Waals surface area contributed by atoms with Gasteiger partial charge in [0.25, 0.3) is 11.5 Å². The Bertz CT molecular complexity index is 1590. The number of benzene rings is 1. The number of aryl methyl sites for hydroxylation is 1. The van der Waals surface area contributed by atoms with E-state index in [0.717, 1.165) is 11.1 Å². The number of likely N-dealkylation sites (N-methyl/N-ethyl adjacent to an activating group) is 1. The van der Waals surface area contributed by atoms with Crippen LogP contribution < -0.4 is 10.9 Å². The van der Waals surface area contributed by atoms with Gasteiger partial charge in [-0.15, -0.1) is 10.2 Å². The fourth-order valence-corrected chi connectivity index (χ4v) is 4.64.